The van der Waals surface area contributed by atoms with Gasteiger partial charge in [0.1, 0.15) is 11.5 Å². The van der Waals surface area contributed by atoms with Crippen molar-refractivity contribution in [2.45, 2.75) is 19.3 Å². The molecule has 0 saturated carbocycles. The van der Waals surface area contributed by atoms with Crippen LogP contribution in [0.4, 0.5) is 5.69 Å². The van der Waals surface area contributed by atoms with Crippen LogP contribution in [-0.2, 0) is 22.7 Å². The molecular formula is C23H20ClNO5. The maximum atomic E-state index is 11.6. The lowest BCUT2D eigenvalue weighted by molar-refractivity contribution is -0.145. The largest absolute Gasteiger partial charge is 0.478 e. The van der Waals surface area contributed by atoms with Crippen molar-refractivity contribution in [2.75, 3.05) is 12.1 Å². The van der Waals surface area contributed by atoms with Crippen LogP contribution in [-0.4, -0.2) is 17.9 Å². The van der Waals surface area contributed by atoms with Crippen LogP contribution in [0.2, 0.25) is 5.02 Å². The first-order valence-electron chi connectivity index (χ1n) is 9.41. The van der Waals surface area contributed by atoms with Crippen molar-refractivity contribution in [3.05, 3.63) is 88.4 Å². The average Bonchev–Trinajstić information content (AvgIpc) is 2.78. The Bertz CT molecular complexity index is 1020. The van der Waals surface area contributed by atoms with Crippen LogP contribution >= 0.6 is 11.6 Å². The molecule has 1 aliphatic rings. The number of carboxylic acid groups (broad SMARTS) is 1. The zero-order valence-corrected chi connectivity index (χ0v) is 16.8. The Morgan fingerprint density at radius 1 is 1.10 bits per heavy atom. The fourth-order valence-electron chi connectivity index (χ4n) is 3.24. The van der Waals surface area contributed by atoms with Crippen LogP contribution in [0.5, 0.6) is 11.5 Å². The summed E-state index contributed by atoms with van der Waals surface area (Å²) >= 11 is 6.37. The highest BCUT2D eigenvalue weighted by molar-refractivity contribution is 6.31. The summed E-state index contributed by atoms with van der Waals surface area (Å²) < 4.78 is 16.6. The second-order valence-corrected chi connectivity index (χ2v) is 7.15. The molecule has 3 aromatic rings. The van der Waals surface area contributed by atoms with E-state index in [0.29, 0.717) is 29.5 Å². The van der Waals surface area contributed by atoms with Gasteiger partial charge in [0.25, 0.3) is 0 Å². The fraction of sp³-hybridized carbons (Fsp3) is 0.174. The summed E-state index contributed by atoms with van der Waals surface area (Å²) in [4.78, 5) is 11.6. The Morgan fingerprint density at radius 2 is 1.87 bits per heavy atom. The Morgan fingerprint density at radius 3 is 2.60 bits per heavy atom. The Balaban J connectivity index is 1.44. The molecule has 154 valence electrons. The minimum atomic E-state index is -1.07. The van der Waals surface area contributed by atoms with E-state index in [2.05, 4.69) is 5.32 Å². The number of halogens is 1. The third kappa shape index (κ3) is 4.50. The predicted octanol–water partition coefficient (Wildman–Crippen LogP) is 5.02. The molecule has 3 aromatic carbocycles. The number of anilines is 1. The molecule has 1 aliphatic heterocycles. The second kappa shape index (κ2) is 9.07. The van der Waals surface area contributed by atoms with Crippen molar-refractivity contribution in [3.63, 3.8) is 0 Å². The lowest BCUT2D eigenvalue weighted by Crippen LogP contribution is -2.18. The summed E-state index contributed by atoms with van der Waals surface area (Å²) in [6.45, 7) is 1.19. The summed E-state index contributed by atoms with van der Waals surface area (Å²) in [5, 5.41) is 13.5. The molecule has 0 aliphatic carbocycles. The van der Waals surface area contributed by atoms with Gasteiger partial charge in [-0.2, -0.15) is 0 Å². The SMILES string of the molecule is O=C(O)C(Oc1ccc(NCc2c(Cl)ccc3c2COCO3)cc1)c1ccccc1. The molecule has 1 atom stereocenters. The summed E-state index contributed by atoms with van der Waals surface area (Å²) in [5.41, 5.74) is 3.29. The first-order valence-corrected chi connectivity index (χ1v) is 9.79. The van der Waals surface area contributed by atoms with E-state index < -0.39 is 12.1 Å². The van der Waals surface area contributed by atoms with Crippen molar-refractivity contribution < 1.29 is 24.1 Å². The molecule has 0 bridgehead atoms. The monoisotopic (exact) mass is 425 g/mol. The zero-order valence-electron chi connectivity index (χ0n) is 16.0. The number of benzene rings is 3. The highest BCUT2D eigenvalue weighted by Gasteiger charge is 2.21. The quantitative estimate of drug-likeness (QED) is 0.553. The van der Waals surface area contributed by atoms with Crippen LogP contribution < -0.4 is 14.8 Å². The van der Waals surface area contributed by atoms with Crippen LogP contribution in [0, 0.1) is 0 Å². The van der Waals surface area contributed by atoms with E-state index in [9.17, 15) is 9.90 Å². The van der Waals surface area contributed by atoms with Gasteiger partial charge in [-0.3, -0.25) is 0 Å². The number of rotatable bonds is 7. The average molecular weight is 426 g/mol. The summed E-state index contributed by atoms with van der Waals surface area (Å²) in [5.74, 6) is 0.205. The van der Waals surface area contributed by atoms with Gasteiger partial charge in [0.05, 0.1) is 6.61 Å². The molecule has 1 unspecified atom stereocenters. The van der Waals surface area contributed by atoms with Gasteiger partial charge >= 0.3 is 5.97 Å². The maximum Gasteiger partial charge on any atom is 0.349 e. The lowest BCUT2D eigenvalue weighted by Gasteiger charge is -2.22. The van der Waals surface area contributed by atoms with Crippen LogP contribution in [0.25, 0.3) is 0 Å². The minimum Gasteiger partial charge on any atom is -0.478 e. The van der Waals surface area contributed by atoms with Crippen molar-refractivity contribution in [3.8, 4) is 11.5 Å². The number of ether oxygens (including phenoxy) is 3. The molecule has 0 aromatic heterocycles. The number of hydrogen-bond donors (Lipinski definition) is 2. The van der Waals surface area contributed by atoms with E-state index in [1.54, 1.807) is 36.4 Å². The van der Waals surface area contributed by atoms with E-state index in [1.807, 2.05) is 30.3 Å². The van der Waals surface area contributed by atoms with Gasteiger partial charge < -0.3 is 24.6 Å². The van der Waals surface area contributed by atoms with Crippen molar-refractivity contribution in [2.24, 2.45) is 0 Å². The predicted molar refractivity (Wildman–Crippen MR) is 113 cm³/mol. The second-order valence-electron chi connectivity index (χ2n) is 6.74. The van der Waals surface area contributed by atoms with E-state index in [1.165, 1.54) is 0 Å². The smallest absolute Gasteiger partial charge is 0.349 e. The van der Waals surface area contributed by atoms with Gasteiger partial charge in [-0.25, -0.2) is 4.79 Å². The molecule has 0 saturated heterocycles. The Hall–Kier alpha value is -3.22. The van der Waals surface area contributed by atoms with E-state index in [4.69, 9.17) is 25.8 Å². The topological polar surface area (TPSA) is 77.0 Å². The van der Waals surface area contributed by atoms with Gasteiger partial charge in [-0.15, -0.1) is 0 Å². The van der Waals surface area contributed by atoms with Gasteiger partial charge in [0.2, 0.25) is 6.10 Å². The minimum absolute atomic E-state index is 0.239. The van der Waals surface area contributed by atoms with E-state index >= 15 is 0 Å². The zero-order chi connectivity index (χ0) is 20.9. The number of aliphatic carboxylic acids is 1. The molecule has 30 heavy (non-hydrogen) atoms. The summed E-state index contributed by atoms with van der Waals surface area (Å²) in [6.07, 6.45) is -1.07. The van der Waals surface area contributed by atoms with Crippen molar-refractivity contribution >= 4 is 23.3 Å². The maximum absolute atomic E-state index is 11.6. The van der Waals surface area contributed by atoms with Gasteiger partial charge in [0, 0.05) is 28.4 Å². The fourth-order valence-corrected chi connectivity index (χ4v) is 3.49. The highest BCUT2D eigenvalue weighted by Crippen LogP contribution is 2.32. The standard InChI is InChI=1S/C23H20ClNO5/c24-20-10-11-21-19(13-28-14-29-21)18(20)12-25-16-6-8-17(9-7-16)30-22(23(26)27)15-4-2-1-3-5-15/h1-11,22,25H,12-14H2,(H,26,27). The third-order valence-corrected chi connectivity index (χ3v) is 5.13. The molecule has 2 N–H and O–H groups in total. The van der Waals surface area contributed by atoms with E-state index in [-0.39, 0.29) is 6.79 Å². The number of fused-ring (bicyclic) bond motifs is 1. The number of nitrogens with one attached hydrogen (secondary N) is 1. The molecule has 0 amide bonds. The van der Waals surface area contributed by atoms with Crippen LogP contribution in [0.3, 0.4) is 0 Å². The summed E-state index contributed by atoms with van der Waals surface area (Å²) in [7, 11) is 0. The van der Waals surface area contributed by atoms with Gasteiger partial charge in [-0.1, -0.05) is 41.9 Å². The third-order valence-electron chi connectivity index (χ3n) is 4.78. The molecule has 0 spiro atoms. The molecule has 1 heterocycles. The summed E-state index contributed by atoms with van der Waals surface area (Å²) in [6, 6.07) is 19.6. The van der Waals surface area contributed by atoms with Crippen LogP contribution in [0.1, 0.15) is 22.8 Å². The molecule has 7 heteroatoms. The normalized spacial score (nSPS) is 13.6. The van der Waals surface area contributed by atoms with Crippen LogP contribution in [0.15, 0.2) is 66.7 Å². The number of hydrogen-bond acceptors (Lipinski definition) is 5. The van der Waals surface area contributed by atoms with Gasteiger partial charge in [-0.05, 0) is 42.0 Å². The molecule has 0 fully saturated rings. The van der Waals surface area contributed by atoms with Gasteiger partial charge in [0.15, 0.2) is 6.79 Å². The van der Waals surface area contributed by atoms with E-state index in [0.717, 1.165) is 22.6 Å². The lowest BCUT2D eigenvalue weighted by atomic mass is 10.1. The number of carboxylic acids is 1. The Kier molecular flexibility index (Phi) is 6.07. The molecule has 4 rings (SSSR count). The Labute approximate surface area is 179 Å². The molecular weight excluding hydrogens is 406 g/mol. The van der Waals surface area contributed by atoms with Crippen molar-refractivity contribution in [1.82, 2.24) is 0 Å². The highest BCUT2D eigenvalue weighted by atomic mass is 35.5. The first kappa shape index (κ1) is 20.1. The molecule has 6 nitrogen and oxygen atoms in total. The first-order chi connectivity index (χ1) is 14.6. The molecule has 0 radical (unpaired) electrons. The number of carbonyl (C=O) groups is 1. The van der Waals surface area contributed by atoms with Crippen molar-refractivity contribution in [1.29, 1.82) is 0 Å².